The van der Waals surface area contributed by atoms with Crippen LogP contribution in [-0.2, 0) is 4.79 Å². The minimum atomic E-state index is -1.46. The molecule has 3 rings (SSSR count). The number of nitrogens with zero attached hydrogens (tertiary/aromatic N) is 1. The number of hydrogen-bond donors (Lipinski definition) is 0. The highest BCUT2D eigenvalue weighted by Crippen LogP contribution is 2.59. The number of carbonyl (C=O) groups excluding carboxylic acids is 1. The molecule has 0 radical (unpaired) electrons. The van der Waals surface area contributed by atoms with Gasteiger partial charge in [0.25, 0.3) is 0 Å². The summed E-state index contributed by atoms with van der Waals surface area (Å²) in [5, 5.41) is 2.88. The van der Waals surface area contributed by atoms with Gasteiger partial charge in [-0.25, -0.2) is 0 Å². The van der Waals surface area contributed by atoms with E-state index in [1.165, 1.54) is 23.3 Å². The fourth-order valence-corrected chi connectivity index (χ4v) is 11.1. The smallest absolute Gasteiger partial charge is 0.123 e. The van der Waals surface area contributed by atoms with Crippen molar-refractivity contribution in [3.05, 3.63) is 60.7 Å². The molecule has 2 nitrogen and oxygen atoms in total. The summed E-state index contributed by atoms with van der Waals surface area (Å²) in [6, 6.07) is 22.5. The second-order valence-corrected chi connectivity index (χ2v) is 17.7. The number of hydrogen-bond acceptors (Lipinski definition) is 2. The maximum Gasteiger partial charge on any atom is 0.123 e. The average molecular weight is 426 g/mol. The van der Waals surface area contributed by atoms with Gasteiger partial charge in [0, 0.05) is 20.0 Å². The molecule has 2 aromatic carbocycles. The van der Waals surface area contributed by atoms with E-state index in [4.69, 9.17) is 0 Å². The fourth-order valence-electron chi connectivity index (χ4n) is 5.19. The summed E-state index contributed by atoms with van der Waals surface area (Å²) >= 11 is 0. The average Bonchev–Trinajstić information content (AvgIpc) is 3.08. The molecule has 0 aliphatic heterocycles. The lowest BCUT2D eigenvalue weighted by atomic mass is 9.89. The van der Waals surface area contributed by atoms with E-state index < -0.39 is 16.0 Å². The molecule has 0 bridgehead atoms. The maximum absolute atomic E-state index is 12.5. The molecule has 29 heavy (non-hydrogen) atoms. The number of benzene rings is 2. The van der Waals surface area contributed by atoms with Crippen LogP contribution >= 0.6 is 7.92 Å². The van der Waals surface area contributed by atoms with Crippen LogP contribution in [0.3, 0.4) is 0 Å². The number of rotatable bonds is 7. The third-order valence-corrected chi connectivity index (χ3v) is 12.7. The van der Waals surface area contributed by atoms with Crippen LogP contribution in [0.1, 0.15) is 13.3 Å². The molecule has 156 valence electrons. The molecular formula is C25H36NOPSi. The standard InChI is InChI=1S/C25H36NOPSi/c1-19(26(2)3)25-22(18-27)24(29(4,5)6)17-23(25)28(20-13-9-7-10-14-20)21-15-11-8-12-16-21/h7-16,18-19,22-25H,17H2,1-6H3. The molecule has 0 saturated heterocycles. The van der Waals surface area contributed by atoms with E-state index >= 15 is 0 Å². The molecule has 4 heteroatoms. The normalized spacial score (nSPS) is 26.1. The molecule has 5 unspecified atom stereocenters. The minimum Gasteiger partial charge on any atom is -0.306 e. The lowest BCUT2D eigenvalue weighted by Crippen LogP contribution is -2.42. The van der Waals surface area contributed by atoms with E-state index in [0.717, 1.165) is 0 Å². The molecule has 0 aromatic heterocycles. The minimum absolute atomic E-state index is 0.168. The van der Waals surface area contributed by atoms with E-state index in [9.17, 15) is 4.79 Å². The Morgan fingerprint density at radius 1 is 0.966 bits per heavy atom. The maximum atomic E-state index is 12.5. The highest BCUT2D eigenvalue weighted by Gasteiger charge is 2.52. The van der Waals surface area contributed by atoms with E-state index in [0.29, 0.717) is 23.2 Å². The van der Waals surface area contributed by atoms with Crippen molar-refractivity contribution < 1.29 is 4.79 Å². The summed E-state index contributed by atoms with van der Waals surface area (Å²) in [5.41, 5.74) is 1.08. The molecule has 0 amide bonds. The predicted octanol–water partition coefficient (Wildman–Crippen LogP) is 4.98. The van der Waals surface area contributed by atoms with Crippen molar-refractivity contribution in [3.8, 4) is 0 Å². The van der Waals surface area contributed by atoms with Gasteiger partial charge in [-0.1, -0.05) is 80.3 Å². The van der Waals surface area contributed by atoms with Gasteiger partial charge in [0.05, 0.1) is 0 Å². The van der Waals surface area contributed by atoms with Crippen LogP contribution < -0.4 is 10.6 Å². The van der Waals surface area contributed by atoms with Gasteiger partial charge in [0.1, 0.15) is 6.29 Å². The van der Waals surface area contributed by atoms with Crippen molar-refractivity contribution in [1.82, 2.24) is 4.90 Å². The number of carbonyl (C=O) groups is 1. The molecule has 1 aliphatic carbocycles. The summed E-state index contributed by atoms with van der Waals surface area (Å²) in [5.74, 6) is 0.562. The summed E-state index contributed by atoms with van der Waals surface area (Å²) in [7, 11) is 2.35. The van der Waals surface area contributed by atoms with Crippen LogP contribution in [0.15, 0.2) is 60.7 Å². The first-order valence-corrected chi connectivity index (χ1v) is 15.8. The molecule has 0 spiro atoms. The monoisotopic (exact) mass is 425 g/mol. The van der Waals surface area contributed by atoms with Gasteiger partial charge in [-0.3, -0.25) is 0 Å². The zero-order chi connectivity index (χ0) is 21.2. The quantitative estimate of drug-likeness (QED) is 0.354. The Labute approximate surface area is 179 Å². The Bertz CT molecular complexity index is 750. The highest BCUT2D eigenvalue weighted by molar-refractivity contribution is 7.73. The van der Waals surface area contributed by atoms with Crippen LogP contribution in [0.5, 0.6) is 0 Å². The summed E-state index contributed by atoms with van der Waals surface area (Å²) in [4.78, 5) is 14.8. The zero-order valence-corrected chi connectivity index (χ0v) is 20.6. The van der Waals surface area contributed by atoms with Gasteiger partial charge in [-0.15, -0.1) is 0 Å². The Balaban J connectivity index is 2.14. The van der Waals surface area contributed by atoms with Crippen molar-refractivity contribution in [2.45, 2.75) is 50.2 Å². The lowest BCUT2D eigenvalue weighted by molar-refractivity contribution is -0.112. The van der Waals surface area contributed by atoms with Crippen molar-refractivity contribution in [1.29, 1.82) is 0 Å². The zero-order valence-electron chi connectivity index (χ0n) is 18.7. The Hall–Kier alpha value is -1.28. The predicted molar refractivity (Wildman–Crippen MR) is 131 cm³/mol. The first-order valence-electron chi connectivity index (χ1n) is 10.8. The molecule has 5 atom stereocenters. The highest BCUT2D eigenvalue weighted by atomic mass is 31.1. The van der Waals surface area contributed by atoms with Gasteiger partial charge in [0.15, 0.2) is 0 Å². The first-order chi connectivity index (χ1) is 13.8. The molecule has 0 heterocycles. The van der Waals surface area contributed by atoms with Crippen molar-refractivity contribution in [3.63, 3.8) is 0 Å². The topological polar surface area (TPSA) is 20.3 Å². The molecule has 1 saturated carbocycles. The Morgan fingerprint density at radius 2 is 1.45 bits per heavy atom. The molecule has 2 aromatic rings. The second kappa shape index (κ2) is 9.25. The molecular weight excluding hydrogens is 389 g/mol. The Kier molecular flexibility index (Phi) is 7.14. The number of aldehydes is 1. The third kappa shape index (κ3) is 4.73. The summed E-state index contributed by atoms with van der Waals surface area (Å²) < 4.78 is 0. The molecule has 1 aliphatic rings. The van der Waals surface area contributed by atoms with E-state index in [1.807, 2.05) is 0 Å². The van der Waals surface area contributed by atoms with Gasteiger partial charge >= 0.3 is 0 Å². The van der Waals surface area contributed by atoms with Crippen LogP contribution in [0.2, 0.25) is 25.2 Å². The van der Waals surface area contributed by atoms with Gasteiger partial charge < -0.3 is 9.69 Å². The molecule has 1 fully saturated rings. The largest absolute Gasteiger partial charge is 0.306 e. The van der Waals surface area contributed by atoms with Gasteiger partial charge in [0.2, 0.25) is 0 Å². The van der Waals surface area contributed by atoms with Crippen LogP contribution in [-0.4, -0.2) is 45.1 Å². The first kappa shape index (κ1) is 22.4. The van der Waals surface area contributed by atoms with Gasteiger partial charge in [-0.05, 0) is 63.1 Å². The van der Waals surface area contributed by atoms with E-state index in [1.54, 1.807) is 0 Å². The summed E-state index contributed by atoms with van der Waals surface area (Å²) in [6.07, 6.45) is 2.49. The van der Waals surface area contributed by atoms with Crippen LogP contribution in [0, 0.1) is 11.8 Å². The SMILES string of the molecule is CC(C1C(C=O)C([Si](C)(C)C)CC1P(c1ccccc1)c1ccccc1)N(C)C. The third-order valence-electron chi connectivity index (χ3n) is 6.89. The van der Waals surface area contributed by atoms with Gasteiger partial charge in [-0.2, -0.15) is 0 Å². The van der Waals surface area contributed by atoms with E-state index in [-0.39, 0.29) is 5.92 Å². The van der Waals surface area contributed by atoms with Crippen molar-refractivity contribution >= 4 is 32.9 Å². The van der Waals surface area contributed by atoms with Crippen molar-refractivity contribution in [2.75, 3.05) is 14.1 Å². The van der Waals surface area contributed by atoms with Crippen LogP contribution in [0.4, 0.5) is 0 Å². The van der Waals surface area contributed by atoms with Crippen molar-refractivity contribution in [2.24, 2.45) is 11.8 Å². The van der Waals surface area contributed by atoms with E-state index in [2.05, 4.69) is 106 Å². The van der Waals surface area contributed by atoms with Crippen LogP contribution in [0.25, 0.3) is 0 Å². The lowest BCUT2D eigenvalue weighted by Gasteiger charge is -2.37. The summed E-state index contributed by atoms with van der Waals surface area (Å²) in [6.45, 7) is 9.66. The fraction of sp³-hybridized carbons (Fsp3) is 0.480. The Morgan fingerprint density at radius 3 is 1.83 bits per heavy atom. The molecule has 0 N–H and O–H groups in total. The second-order valence-electron chi connectivity index (χ2n) is 9.81.